The Labute approximate surface area is 202 Å². The van der Waals surface area contributed by atoms with Crippen LogP contribution in [0, 0.1) is 0 Å². The van der Waals surface area contributed by atoms with E-state index >= 15 is 0 Å². The fraction of sp³-hybridized carbons (Fsp3) is 0.0714. The van der Waals surface area contributed by atoms with Crippen LogP contribution in [0.3, 0.4) is 0 Å². The molecule has 3 aromatic carbocycles. The third-order valence-corrected chi connectivity index (χ3v) is 7.00. The van der Waals surface area contributed by atoms with Crippen LogP contribution in [-0.2, 0) is 0 Å². The van der Waals surface area contributed by atoms with E-state index in [0.29, 0.717) is 15.4 Å². The molecule has 34 heavy (non-hydrogen) atoms. The van der Waals surface area contributed by atoms with Crippen molar-refractivity contribution in [3.8, 4) is 33.5 Å². The lowest BCUT2D eigenvalue weighted by atomic mass is 9.97. The molecule has 0 spiro atoms. The quantitative estimate of drug-likeness (QED) is 0.332. The molecule has 0 aliphatic rings. The predicted octanol–water partition coefficient (Wildman–Crippen LogP) is 6.04. The van der Waals surface area contributed by atoms with Gasteiger partial charge in [-0.15, -0.1) is 11.3 Å². The number of benzene rings is 3. The Balaban J connectivity index is 1.67. The summed E-state index contributed by atoms with van der Waals surface area (Å²) in [7, 11) is 4.06. The maximum Gasteiger partial charge on any atom is 0.260 e. The molecule has 6 heteroatoms. The zero-order valence-electron chi connectivity index (χ0n) is 18.9. The predicted molar refractivity (Wildman–Crippen MR) is 143 cm³/mol. The number of rotatable bonds is 5. The normalized spacial score (nSPS) is 11.0. The molecule has 2 heterocycles. The third-order valence-electron chi connectivity index (χ3n) is 5.88. The summed E-state index contributed by atoms with van der Waals surface area (Å²) in [6, 6.07) is 28.8. The van der Waals surface area contributed by atoms with Gasteiger partial charge in [0.25, 0.3) is 5.91 Å². The van der Waals surface area contributed by atoms with E-state index in [2.05, 4.69) is 41.3 Å². The van der Waals surface area contributed by atoms with E-state index in [1.165, 1.54) is 11.3 Å². The molecule has 2 aromatic heterocycles. The lowest BCUT2D eigenvalue weighted by Gasteiger charge is -2.13. The van der Waals surface area contributed by atoms with Gasteiger partial charge in [0, 0.05) is 30.7 Å². The Bertz CT molecular complexity index is 1510. The van der Waals surface area contributed by atoms with Crippen LogP contribution < -0.4 is 16.4 Å². The number of fused-ring (bicyclic) bond motifs is 1. The molecule has 5 rings (SSSR count). The number of amides is 1. The lowest BCUT2D eigenvalue weighted by molar-refractivity contribution is 0.100. The number of thiophene rings is 1. The van der Waals surface area contributed by atoms with Gasteiger partial charge in [-0.3, -0.25) is 4.79 Å². The standard InChI is InChI=1S/C28H24N4OS/c1-32(2)21-13-11-17(12-14-21)19-9-6-10-20(15-19)23-16-22(18-7-4-3-5-8-18)24-25(29)26(27(30)33)34-28(24)31-23/h3-16H,29H2,1-2H3,(H2,30,33). The molecule has 5 aromatic rings. The van der Waals surface area contributed by atoms with Crippen LogP contribution in [0.15, 0.2) is 84.9 Å². The lowest BCUT2D eigenvalue weighted by Crippen LogP contribution is -2.10. The smallest absolute Gasteiger partial charge is 0.260 e. The van der Waals surface area contributed by atoms with Gasteiger partial charge in [-0.05, 0) is 46.5 Å². The van der Waals surface area contributed by atoms with Crippen molar-refractivity contribution in [2.24, 2.45) is 5.73 Å². The summed E-state index contributed by atoms with van der Waals surface area (Å²) < 4.78 is 0. The van der Waals surface area contributed by atoms with Gasteiger partial charge < -0.3 is 16.4 Å². The molecule has 168 valence electrons. The van der Waals surface area contributed by atoms with Crippen LogP contribution in [0.25, 0.3) is 43.7 Å². The van der Waals surface area contributed by atoms with E-state index in [1.807, 2.05) is 62.6 Å². The van der Waals surface area contributed by atoms with Crippen molar-refractivity contribution in [2.45, 2.75) is 0 Å². The first-order chi connectivity index (χ1) is 16.4. The van der Waals surface area contributed by atoms with E-state index in [1.54, 1.807) is 0 Å². The van der Waals surface area contributed by atoms with Crippen molar-refractivity contribution in [1.29, 1.82) is 0 Å². The Hall–Kier alpha value is -4.16. The van der Waals surface area contributed by atoms with E-state index in [-0.39, 0.29) is 0 Å². The maximum atomic E-state index is 12.0. The fourth-order valence-corrected chi connectivity index (χ4v) is 5.08. The highest BCUT2D eigenvalue weighted by Crippen LogP contribution is 2.41. The highest BCUT2D eigenvalue weighted by atomic mass is 32.1. The van der Waals surface area contributed by atoms with Crippen molar-refractivity contribution in [1.82, 2.24) is 4.98 Å². The second-order valence-corrected chi connectivity index (χ2v) is 9.33. The van der Waals surface area contributed by atoms with Gasteiger partial charge in [0.05, 0.1) is 11.4 Å². The average Bonchev–Trinajstić information content (AvgIpc) is 3.21. The molecule has 1 amide bonds. The second-order valence-electron chi connectivity index (χ2n) is 8.33. The number of nitrogens with zero attached hydrogens (tertiary/aromatic N) is 2. The largest absolute Gasteiger partial charge is 0.397 e. The average molecular weight is 465 g/mol. The number of nitrogen functional groups attached to an aromatic ring is 1. The summed E-state index contributed by atoms with van der Waals surface area (Å²) in [4.78, 5) is 20.0. The van der Waals surface area contributed by atoms with Crippen LogP contribution in [0.2, 0.25) is 0 Å². The molecule has 0 bridgehead atoms. The zero-order valence-corrected chi connectivity index (χ0v) is 19.8. The number of nitrogens with two attached hydrogens (primary N) is 2. The summed E-state index contributed by atoms with van der Waals surface area (Å²) in [6.07, 6.45) is 0. The minimum atomic E-state index is -0.538. The molecule has 0 saturated heterocycles. The van der Waals surface area contributed by atoms with Gasteiger partial charge in [0.1, 0.15) is 9.71 Å². The van der Waals surface area contributed by atoms with Crippen LogP contribution in [0.5, 0.6) is 0 Å². The van der Waals surface area contributed by atoms with Crippen molar-refractivity contribution >= 4 is 38.8 Å². The van der Waals surface area contributed by atoms with Crippen molar-refractivity contribution in [3.63, 3.8) is 0 Å². The highest BCUT2D eigenvalue weighted by molar-refractivity contribution is 7.21. The van der Waals surface area contributed by atoms with Crippen molar-refractivity contribution < 1.29 is 4.79 Å². The summed E-state index contributed by atoms with van der Waals surface area (Å²) in [5.41, 5.74) is 19.5. The molecule has 0 saturated carbocycles. The molecular formula is C28H24N4OS. The van der Waals surface area contributed by atoms with Crippen LogP contribution in [-0.4, -0.2) is 25.0 Å². The number of anilines is 2. The van der Waals surface area contributed by atoms with Gasteiger partial charge in [-0.2, -0.15) is 0 Å². The molecule has 0 fully saturated rings. The molecule has 0 atom stereocenters. The Morgan fingerprint density at radius 1 is 0.824 bits per heavy atom. The van der Waals surface area contributed by atoms with Crippen molar-refractivity contribution in [2.75, 3.05) is 24.7 Å². The first-order valence-electron chi connectivity index (χ1n) is 10.9. The Kier molecular flexibility index (Phi) is 5.51. The van der Waals surface area contributed by atoms with E-state index in [4.69, 9.17) is 16.5 Å². The first kappa shape index (κ1) is 21.7. The third kappa shape index (κ3) is 3.89. The topological polar surface area (TPSA) is 85.2 Å². The van der Waals surface area contributed by atoms with Gasteiger partial charge >= 0.3 is 0 Å². The second kappa shape index (κ2) is 8.65. The number of hydrogen-bond acceptors (Lipinski definition) is 5. The number of hydrogen-bond donors (Lipinski definition) is 2. The molecule has 0 unspecified atom stereocenters. The van der Waals surface area contributed by atoms with Crippen molar-refractivity contribution in [3.05, 3.63) is 89.8 Å². The Morgan fingerprint density at radius 2 is 1.50 bits per heavy atom. The van der Waals surface area contributed by atoms with Gasteiger partial charge in [-0.1, -0.05) is 60.7 Å². The summed E-state index contributed by atoms with van der Waals surface area (Å²) in [6.45, 7) is 0. The molecule has 4 N–H and O–H groups in total. The Morgan fingerprint density at radius 3 is 2.18 bits per heavy atom. The molecule has 0 aliphatic carbocycles. The van der Waals surface area contributed by atoms with Gasteiger partial charge in [0.2, 0.25) is 0 Å². The summed E-state index contributed by atoms with van der Waals surface area (Å²) in [5.74, 6) is -0.538. The van der Waals surface area contributed by atoms with Gasteiger partial charge in [0.15, 0.2) is 0 Å². The molecule has 5 nitrogen and oxygen atoms in total. The van der Waals surface area contributed by atoms with Crippen LogP contribution in [0.1, 0.15) is 9.67 Å². The first-order valence-corrected chi connectivity index (χ1v) is 11.7. The highest BCUT2D eigenvalue weighted by Gasteiger charge is 2.20. The number of pyridine rings is 1. The molecule has 0 radical (unpaired) electrons. The molecular weight excluding hydrogens is 440 g/mol. The van der Waals surface area contributed by atoms with Crippen LogP contribution in [0.4, 0.5) is 11.4 Å². The number of carbonyl (C=O) groups excluding carboxylic acids is 1. The summed E-state index contributed by atoms with van der Waals surface area (Å²) >= 11 is 1.24. The molecule has 0 aliphatic heterocycles. The minimum absolute atomic E-state index is 0.339. The van der Waals surface area contributed by atoms with E-state index < -0.39 is 5.91 Å². The SMILES string of the molecule is CN(C)c1ccc(-c2cccc(-c3cc(-c4ccccc4)c4c(N)c(C(N)=O)sc4n3)c2)cc1. The minimum Gasteiger partial charge on any atom is -0.397 e. The maximum absolute atomic E-state index is 12.0. The monoisotopic (exact) mass is 464 g/mol. The van der Waals surface area contributed by atoms with Crippen LogP contribution >= 0.6 is 11.3 Å². The van der Waals surface area contributed by atoms with Gasteiger partial charge in [-0.25, -0.2) is 4.98 Å². The summed E-state index contributed by atoms with van der Waals surface area (Å²) in [5, 5.41) is 0.768. The zero-order chi connectivity index (χ0) is 23.8. The fourth-order valence-electron chi connectivity index (χ4n) is 4.11. The van der Waals surface area contributed by atoms with E-state index in [9.17, 15) is 4.79 Å². The number of primary amides is 1. The van der Waals surface area contributed by atoms with E-state index in [0.717, 1.165) is 44.6 Å². The number of carbonyl (C=O) groups is 1. The number of aromatic nitrogens is 1.